The lowest BCUT2D eigenvalue weighted by Crippen LogP contribution is -2.38. The Balaban J connectivity index is 1.67. The van der Waals surface area contributed by atoms with Crippen LogP contribution in [-0.4, -0.2) is 19.1 Å². The molecule has 0 saturated heterocycles. The molecular weight excluding hydrogens is 326 g/mol. The Bertz CT molecular complexity index is 772. The van der Waals surface area contributed by atoms with E-state index in [0.717, 1.165) is 29.9 Å². The third-order valence-corrected chi connectivity index (χ3v) is 4.99. The summed E-state index contributed by atoms with van der Waals surface area (Å²) in [5.41, 5.74) is 3.56. The van der Waals surface area contributed by atoms with Crippen molar-refractivity contribution in [1.29, 1.82) is 0 Å². The van der Waals surface area contributed by atoms with E-state index in [1.54, 1.807) is 14.0 Å². The van der Waals surface area contributed by atoms with Crippen LogP contribution in [0.15, 0.2) is 42.5 Å². The summed E-state index contributed by atoms with van der Waals surface area (Å²) in [6, 6.07) is 13.7. The van der Waals surface area contributed by atoms with Crippen LogP contribution in [0.4, 0.5) is 0 Å². The Hall–Kier alpha value is -2.49. The van der Waals surface area contributed by atoms with Gasteiger partial charge in [0.1, 0.15) is 11.5 Å². The number of aryl methyl sites for hydroxylation is 1. The van der Waals surface area contributed by atoms with Crippen LogP contribution < -0.4 is 14.8 Å². The molecule has 0 saturated carbocycles. The number of rotatable bonds is 6. The van der Waals surface area contributed by atoms with Crippen molar-refractivity contribution in [3.8, 4) is 11.5 Å². The Morgan fingerprint density at radius 1 is 1.00 bits per heavy atom. The first-order chi connectivity index (χ1) is 12.6. The quantitative estimate of drug-likeness (QED) is 0.846. The summed E-state index contributed by atoms with van der Waals surface area (Å²) < 4.78 is 11.4. The highest BCUT2D eigenvalue weighted by Gasteiger charge is 2.21. The van der Waals surface area contributed by atoms with Crippen molar-refractivity contribution in [2.24, 2.45) is 0 Å². The standard InChI is InChI=1S/C22H27NO3/c1-15(18-11-6-7-13-20(18)25-3)23-22(24)16(2)26-21-14-8-10-17-9-4-5-12-19(17)21/h6-8,10-11,13-16H,4-5,9,12H2,1-3H3,(H,23,24)/t15-,16+/m1/s1. The van der Waals surface area contributed by atoms with Gasteiger partial charge in [-0.3, -0.25) is 4.79 Å². The second-order valence-electron chi connectivity index (χ2n) is 6.83. The molecule has 0 unspecified atom stereocenters. The summed E-state index contributed by atoms with van der Waals surface area (Å²) in [6.45, 7) is 3.75. The van der Waals surface area contributed by atoms with E-state index < -0.39 is 6.10 Å². The normalized spacial score (nSPS) is 15.5. The molecule has 2 aromatic rings. The predicted octanol–water partition coefficient (Wildman–Crippen LogP) is 4.22. The number of benzene rings is 2. The highest BCUT2D eigenvalue weighted by molar-refractivity contribution is 5.81. The zero-order valence-corrected chi connectivity index (χ0v) is 15.7. The van der Waals surface area contributed by atoms with Gasteiger partial charge in [0.2, 0.25) is 0 Å². The summed E-state index contributed by atoms with van der Waals surface area (Å²) in [6.07, 6.45) is 3.97. The average Bonchev–Trinajstić information content (AvgIpc) is 2.68. The number of hydrogen-bond donors (Lipinski definition) is 1. The molecule has 0 heterocycles. The third kappa shape index (κ3) is 4.01. The predicted molar refractivity (Wildman–Crippen MR) is 103 cm³/mol. The smallest absolute Gasteiger partial charge is 0.261 e. The summed E-state index contributed by atoms with van der Waals surface area (Å²) in [5, 5.41) is 3.03. The maximum absolute atomic E-state index is 12.6. The summed E-state index contributed by atoms with van der Waals surface area (Å²) >= 11 is 0. The number of carbonyl (C=O) groups is 1. The SMILES string of the molecule is COc1ccccc1[C@@H](C)NC(=O)[C@H](C)Oc1cccc2c1CCCC2. The van der Waals surface area contributed by atoms with Crippen molar-refractivity contribution in [2.75, 3.05) is 7.11 Å². The summed E-state index contributed by atoms with van der Waals surface area (Å²) in [7, 11) is 1.64. The van der Waals surface area contributed by atoms with Gasteiger partial charge < -0.3 is 14.8 Å². The first-order valence-corrected chi connectivity index (χ1v) is 9.31. The Labute approximate surface area is 155 Å². The Morgan fingerprint density at radius 3 is 2.54 bits per heavy atom. The molecule has 4 heteroatoms. The first-order valence-electron chi connectivity index (χ1n) is 9.31. The molecule has 4 nitrogen and oxygen atoms in total. The lowest BCUT2D eigenvalue weighted by molar-refractivity contribution is -0.127. The van der Waals surface area contributed by atoms with E-state index in [1.807, 2.05) is 43.3 Å². The molecule has 2 atom stereocenters. The lowest BCUT2D eigenvalue weighted by atomic mass is 9.91. The number of hydrogen-bond acceptors (Lipinski definition) is 3. The van der Waals surface area contributed by atoms with Crippen LogP contribution in [0.1, 0.15) is 49.4 Å². The van der Waals surface area contributed by atoms with Gasteiger partial charge in [-0.15, -0.1) is 0 Å². The van der Waals surface area contributed by atoms with E-state index in [0.29, 0.717) is 0 Å². The van der Waals surface area contributed by atoms with E-state index >= 15 is 0 Å². The second kappa shape index (κ2) is 8.26. The van der Waals surface area contributed by atoms with Crippen molar-refractivity contribution >= 4 is 5.91 Å². The highest BCUT2D eigenvalue weighted by Crippen LogP contribution is 2.30. The van der Waals surface area contributed by atoms with Crippen molar-refractivity contribution in [3.63, 3.8) is 0 Å². The van der Waals surface area contributed by atoms with Gasteiger partial charge >= 0.3 is 0 Å². The van der Waals surface area contributed by atoms with Crippen molar-refractivity contribution in [1.82, 2.24) is 5.32 Å². The highest BCUT2D eigenvalue weighted by atomic mass is 16.5. The summed E-state index contributed by atoms with van der Waals surface area (Å²) in [5.74, 6) is 1.48. The molecule has 0 aromatic heterocycles. The first kappa shape index (κ1) is 18.3. The fraction of sp³-hybridized carbons (Fsp3) is 0.409. The zero-order valence-electron chi connectivity index (χ0n) is 15.7. The second-order valence-corrected chi connectivity index (χ2v) is 6.83. The van der Waals surface area contributed by atoms with Crippen LogP contribution in [0.2, 0.25) is 0 Å². The molecule has 2 aromatic carbocycles. The molecule has 0 aliphatic heterocycles. The van der Waals surface area contributed by atoms with Crippen LogP contribution in [0.3, 0.4) is 0 Å². The maximum Gasteiger partial charge on any atom is 0.261 e. The molecule has 0 fully saturated rings. The van der Waals surface area contributed by atoms with Gasteiger partial charge in [0.25, 0.3) is 5.91 Å². The fourth-order valence-electron chi connectivity index (χ4n) is 3.53. The molecule has 0 bridgehead atoms. The Morgan fingerprint density at radius 2 is 1.73 bits per heavy atom. The van der Waals surface area contributed by atoms with Crippen LogP contribution in [0, 0.1) is 0 Å². The fourth-order valence-corrected chi connectivity index (χ4v) is 3.53. The molecule has 1 aliphatic carbocycles. The monoisotopic (exact) mass is 353 g/mol. The summed E-state index contributed by atoms with van der Waals surface area (Å²) in [4.78, 5) is 12.6. The number of ether oxygens (including phenoxy) is 2. The number of nitrogens with one attached hydrogen (secondary N) is 1. The van der Waals surface area contributed by atoms with Gasteiger partial charge in [-0.25, -0.2) is 0 Å². The molecule has 26 heavy (non-hydrogen) atoms. The van der Waals surface area contributed by atoms with Crippen LogP contribution >= 0.6 is 0 Å². The van der Waals surface area contributed by atoms with Gasteiger partial charge in [-0.05, 0) is 62.8 Å². The molecule has 1 aliphatic rings. The minimum atomic E-state index is -0.555. The van der Waals surface area contributed by atoms with Gasteiger partial charge in [0, 0.05) is 5.56 Å². The molecule has 3 rings (SSSR count). The number of methoxy groups -OCH3 is 1. The van der Waals surface area contributed by atoms with E-state index in [4.69, 9.17) is 9.47 Å². The van der Waals surface area contributed by atoms with E-state index in [-0.39, 0.29) is 11.9 Å². The van der Waals surface area contributed by atoms with Gasteiger partial charge in [0.15, 0.2) is 6.10 Å². The van der Waals surface area contributed by atoms with Gasteiger partial charge in [-0.1, -0.05) is 30.3 Å². The average molecular weight is 353 g/mol. The van der Waals surface area contributed by atoms with Crippen molar-refractivity contribution in [3.05, 3.63) is 59.2 Å². The largest absolute Gasteiger partial charge is 0.496 e. The number of para-hydroxylation sites is 1. The number of amides is 1. The maximum atomic E-state index is 12.6. The zero-order chi connectivity index (χ0) is 18.5. The van der Waals surface area contributed by atoms with Crippen molar-refractivity contribution in [2.45, 2.75) is 51.7 Å². The topological polar surface area (TPSA) is 47.6 Å². The molecular formula is C22H27NO3. The minimum absolute atomic E-state index is 0.128. The number of carbonyl (C=O) groups excluding carboxylic acids is 1. The van der Waals surface area contributed by atoms with Crippen molar-refractivity contribution < 1.29 is 14.3 Å². The molecule has 1 amide bonds. The van der Waals surface area contributed by atoms with Crippen LogP contribution in [-0.2, 0) is 17.6 Å². The van der Waals surface area contributed by atoms with E-state index in [2.05, 4.69) is 11.4 Å². The minimum Gasteiger partial charge on any atom is -0.496 e. The molecule has 0 radical (unpaired) electrons. The van der Waals surface area contributed by atoms with Crippen LogP contribution in [0.25, 0.3) is 0 Å². The lowest BCUT2D eigenvalue weighted by Gasteiger charge is -2.23. The third-order valence-electron chi connectivity index (χ3n) is 4.99. The van der Waals surface area contributed by atoms with E-state index in [9.17, 15) is 4.79 Å². The van der Waals surface area contributed by atoms with E-state index in [1.165, 1.54) is 24.0 Å². The molecule has 1 N–H and O–H groups in total. The van der Waals surface area contributed by atoms with Gasteiger partial charge in [-0.2, -0.15) is 0 Å². The molecule has 138 valence electrons. The number of fused-ring (bicyclic) bond motifs is 1. The Kier molecular flexibility index (Phi) is 5.82. The van der Waals surface area contributed by atoms with Gasteiger partial charge in [0.05, 0.1) is 13.2 Å². The van der Waals surface area contributed by atoms with Crippen LogP contribution in [0.5, 0.6) is 11.5 Å². The molecule has 0 spiro atoms.